The maximum atomic E-state index is 7.22. The Bertz CT molecular complexity index is 1010. The highest BCUT2D eigenvalue weighted by Gasteiger charge is 2.17. The second-order valence-corrected chi connectivity index (χ2v) is 7.29. The Morgan fingerprint density at radius 2 is 2.10 bits per heavy atom. The number of methoxy groups -OCH3 is 1. The van der Waals surface area contributed by atoms with Gasteiger partial charge in [0, 0.05) is 50.1 Å². The number of hydrogen-bond donors (Lipinski definition) is 3. The molecule has 0 saturated carbocycles. The number of rotatable bonds is 7. The van der Waals surface area contributed by atoms with Crippen molar-refractivity contribution in [2.45, 2.75) is 6.92 Å². The molecule has 1 saturated heterocycles. The predicted molar refractivity (Wildman–Crippen MR) is 124 cm³/mol. The quantitative estimate of drug-likeness (QED) is 0.340. The van der Waals surface area contributed by atoms with Crippen LogP contribution < -0.4 is 19.7 Å². The molecule has 0 radical (unpaired) electrons. The van der Waals surface area contributed by atoms with Gasteiger partial charge in [-0.05, 0) is 19.1 Å². The Labute approximate surface area is 186 Å². The lowest BCUT2D eigenvalue weighted by atomic mass is 10.2. The Kier molecular flexibility index (Phi) is 8.09. The number of nitrogens with one attached hydrogen (secondary N) is 3. The van der Waals surface area contributed by atoms with E-state index < -0.39 is 0 Å². The molecule has 0 aromatic carbocycles. The molecule has 0 aliphatic carbocycles. The lowest BCUT2D eigenvalue weighted by molar-refractivity contribution is 0.122. The fraction of sp³-hybridized carbons (Fsp3) is 0.333. The first-order valence-corrected chi connectivity index (χ1v) is 10.5. The van der Waals surface area contributed by atoms with E-state index in [2.05, 4.69) is 41.7 Å². The monoisotopic (exact) mass is 439 g/mol. The first-order chi connectivity index (χ1) is 15.2. The summed E-state index contributed by atoms with van der Waals surface area (Å²) in [7, 11) is 3.35. The molecule has 1 aliphatic rings. The summed E-state index contributed by atoms with van der Waals surface area (Å²) in [5, 5.41) is 11.0. The van der Waals surface area contributed by atoms with Gasteiger partial charge in [0.2, 0.25) is 5.88 Å². The summed E-state index contributed by atoms with van der Waals surface area (Å²) in [6.07, 6.45) is 6.10. The second-order valence-electron chi connectivity index (χ2n) is 6.44. The van der Waals surface area contributed by atoms with E-state index in [9.17, 15) is 0 Å². The first-order valence-electron chi connectivity index (χ1n) is 9.68. The van der Waals surface area contributed by atoms with Crippen LogP contribution in [-0.4, -0.2) is 61.6 Å². The van der Waals surface area contributed by atoms with Gasteiger partial charge < -0.3 is 29.8 Å². The molecule has 0 unspecified atom stereocenters. The number of aryl methyl sites for hydroxylation is 1. The Balaban J connectivity index is 1.87. The zero-order valence-corrected chi connectivity index (χ0v) is 18.5. The van der Waals surface area contributed by atoms with Gasteiger partial charge in [-0.2, -0.15) is 0 Å². The van der Waals surface area contributed by atoms with Crippen LogP contribution >= 0.6 is 11.9 Å². The van der Waals surface area contributed by atoms with Gasteiger partial charge in [0.05, 0.1) is 36.6 Å². The maximum Gasteiger partial charge on any atom is 0.238 e. The number of allylic oxidation sites excluding steroid dienone is 1. The number of ether oxygens (including phenoxy) is 2. The molecule has 3 N–H and O–H groups in total. The average molecular weight is 440 g/mol. The molecule has 2 aromatic rings. The summed E-state index contributed by atoms with van der Waals surface area (Å²) in [6, 6.07) is 1.87. The summed E-state index contributed by atoms with van der Waals surface area (Å²) in [5.74, 6) is 7.69. The van der Waals surface area contributed by atoms with Gasteiger partial charge in [-0.1, -0.05) is 11.8 Å². The van der Waals surface area contributed by atoms with Crippen LogP contribution in [0.25, 0.3) is 0 Å². The van der Waals surface area contributed by atoms with Crippen LogP contribution in [0.2, 0.25) is 0 Å². The van der Waals surface area contributed by atoms with E-state index in [0.717, 1.165) is 40.8 Å². The van der Waals surface area contributed by atoms with Crippen molar-refractivity contribution in [3.8, 4) is 17.7 Å². The van der Waals surface area contributed by atoms with Crippen LogP contribution in [0.5, 0.6) is 5.88 Å². The molecule has 3 heterocycles. The van der Waals surface area contributed by atoms with E-state index >= 15 is 0 Å². The Hall–Kier alpha value is -3.29. The van der Waals surface area contributed by atoms with Gasteiger partial charge in [-0.15, -0.1) is 0 Å². The summed E-state index contributed by atoms with van der Waals surface area (Å²) in [4.78, 5) is 15.3. The van der Waals surface area contributed by atoms with Crippen LogP contribution in [0.4, 0.5) is 11.5 Å². The smallest absolute Gasteiger partial charge is 0.238 e. The molecule has 3 rings (SSSR count). The van der Waals surface area contributed by atoms with Crippen molar-refractivity contribution in [3.05, 3.63) is 46.5 Å². The third kappa shape index (κ3) is 5.87. The highest BCUT2D eigenvalue weighted by molar-refractivity contribution is 8.04. The molecule has 162 valence electrons. The number of pyridine rings is 1. The fourth-order valence-electron chi connectivity index (χ4n) is 2.87. The molecule has 0 spiro atoms. The van der Waals surface area contributed by atoms with Crippen molar-refractivity contribution < 1.29 is 9.47 Å². The molecule has 31 heavy (non-hydrogen) atoms. The number of aromatic nitrogens is 3. The van der Waals surface area contributed by atoms with Crippen molar-refractivity contribution in [2.24, 2.45) is 0 Å². The molecule has 0 bridgehead atoms. The van der Waals surface area contributed by atoms with E-state index in [1.807, 2.05) is 13.0 Å². The molecule has 1 fully saturated rings. The van der Waals surface area contributed by atoms with E-state index in [0.29, 0.717) is 24.8 Å². The topological polar surface area (TPSA) is 108 Å². The molecule has 10 heteroatoms. The molecule has 0 atom stereocenters. The molecule has 0 amide bonds. The van der Waals surface area contributed by atoms with Crippen LogP contribution in [0.3, 0.4) is 0 Å². The van der Waals surface area contributed by atoms with E-state index in [-0.39, 0.29) is 0 Å². The summed E-state index contributed by atoms with van der Waals surface area (Å²) >= 11 is 1.32. The van der Waals surface area contributed by atoms with Gasteiger partial charge in [-0.3, -0.25) is 0 Å². The second kappa shape index (κ2) is 11.2. The van der Waals surface area contributed by atoms with Crippen molar-refractivity contribution >= 4 is 29.7 Å². The number of anilines is 2. The molecule has 9 nitrogen and oxygen atoms in total. The van der Waals surface area contributed by atoms with Gasteiger partial charge in [0.1, 0.15) is 17.8 Å². The molecule has 1 aliphatic heterocycles. The first kappa shape index (κ1) is 22.4. The van der Waals surface area contributed by atoms with Crippen molar-refractivity contribution in [2.75, 3.05) is 50.1 Å². The minimum Gasteiger partial charge on any atom is -0.480 e. The summed E-state index contributed by atoms with van der Waals surface area (Å²) in [5.41, 5.74) is 3.03. The standard InChI is InChI=1S/C21H25N7O2S/c1-15-17(20(26-14-25-15)28-8-10-30-11-9-28)5-4-16-12-18(21(29-3)24-13-16)27-31-19(23-2)6-7-22/h6-7,12-14,22-23,27H,8-11H2,1-3H3/b19-6+,22-7?. The van der Waals surface area contributed by atoms with Crippen LogP contribution in [0, 0.1) is 24.2 Å². The minimum absolute atomic E-state index is 0.455. The van der Waals surface area contributed by atoms with Gasteiger partial charge in [0.15, 0.2) is 0 Å². The van der Waals surface area contributed by atoms with Gasteiger partial charge in [0.25, 0.3) is 0 Å². The third-order valence-corrected chi connectivity index (χ3v) is 5.34. The highest BCUT2D eigenvalue weighted by atomic mass is 32.2. The Morgan fingerprint density at radius 3 is 2.81 bits per heavy atom. The summed E-state index contributed by atoms with van der Waals surface area (Å²) < 4.78 is 14.0. The number of hydrogen-bond acceptors (Lipinski definition) is 10. The maximum absolute atomic E-state index is 7.22. The predicted octanol–water partition coefficient (Wildman–Crippen LogP) is 2.20. The lowest BCUT2D eigenvalue weighted by Crippen LogP contribution is -2.37. The van der Waals surface area contributed by atoms with Crippen LogP contribution in [-0.2, 0) is 4.74 Å². The molecule has 2 aromatic heterocycles. The normalized spacial score (nSPS) is 13.8. The number of morpholine rings is 1. The van der Waals surface area contributed by atoms with Crippen molar-refractivity contribution in [1.29, 1.82) is 5.41 Å². The summed E-state index contributed by atoms with van der Waals surface area (Å²) in [6.45, 7) is 4.83. The van der Waals surface area contributed by atoms with Gasteiger partial charge >= 0.3 is 0 Å². The number of nitrogens with zero attached hydrogens (tertiary/aromatic N) is 4. The van der Waals surface area contributed by atoms with Gasteiger partial charge in [-0.25, -0.2) is 15.0 Å². The minimum atomic E-state index is 0.455. The lowest BCUT2D eigenvalue weighted by Gasteiger charge is -2.28. The zero-order valence-electron chi connectivity index (χ0n) is 17.7. The van der Waals surface area contributed by atoms with Crippen LogP contribution in [0.15, 0.2) is 29.7 Å². The van der Waals surface area contributed by atoms with Crippen molar-refractivity contribution in [3.63, 3.8) is 0 Å². The van der Waals surface area contributed by atoms with E-state index in [4.69, 9.17) is 14.9 Å². The third-order valence-electron chi connectivity index (χ3n) is 4.46. The largest absolute Gasteiger partial charge is 0.480 e. The van der Waals surface area contributed by atoms with E-state index in [1.165, 1.54) is 18.2 Å². The average Bonchev–Trinajstić information content (AvgIpc) is 2.81. The van der Waals surface area contributed by atoms with Crippen molar-refractivity contribution in [1.82, 2.24) is 20.3 Å². The zero-order chi connectivity index (χ0) is 22.1. The fourth-order valence-corrected chi connectivity index (χ4v) is 3.47. The molecular weight excluding hydrogens is 414 g/mol. The molecular formula is C21H25N7O2S. The SMILES string of the molecule is CN/C(=C\C=N)SNc1cc(C#Cc2c(C)ncnc2N2CCOCC2)cnc1OC. The van der Waals surface area contributed by atoms with Crippen LogP contribution in [0.1, 0.15) is 16.8 Å². The van der Waals surface area contributed by atoms with E-state index in [1.54, 1.807) is 32.8 Å². The Morgan fingerprint density at radius 1 is 1.29 bits per heavy atom. The highest BCUT2D eigenvalue weighted by Crippen LogP contribution is 2.27.